The number of nitrogens with two attached hydrogens (primary N) is 2. The number of rotatable bonds is 24. The second-order valence-electron chi connectivity index (χ2n) is 31.1. The van der Waals surface area contributed by atoms with Gasteiger partial charge in [-0.05, 0) is 162 Å². The summed E-state index contributed by atoms with van der Waals surface area (Å²) in [5, 5.41) is 32.3. The van der Waals surface area contributed by atoms with Crippen molar-refractivity contribution in [2.45, 2.75) is 204 Å². The fraction of sp³-hybridized carbons (Fsp3) is 0.559. The third-order valence-electron chi connectivity index (χ3n) is 17.4. The molecule has 8 rings (SSSR count). The monoisotopic (exact) mass is 1790 g/mol. The van der Waals surface area contributed by atoms with E-state index in [-0.39, 0.29) is 111 Å². The van der Waals surface area contributed by atoms with E-state index in [1.54, 1.807) is 39.3 Å². The van der Waals surface area contributed by atoms with Gasteiger partial charge in [0, 0.05) is 122 Å². The van der Waals surface area contributed by atoms with Gasteiger partial charge >= 0.3 is 36.1 Å². The maximum atomic E-state index is 11.0. The van der Waals surface area contributed by atoms with Gasteiger partial charge in [0.25, 0.3) is 0 Å². The molecule has 2 aromatic heterocycles. The molecule has 0 bridgehead atoms. The van der Waals surface area contributed by atoms with Crippen molar-refractivity contribution in [3.05, 3.63) is 154 Å². The Morgan fingerprint density at radius 1 is 0.643 bits per heavy atom. The first-order chi connectivity index (χ1) is 58.3. The van der Waals surface area contributed by atoms with E-state index in [0.29, 0.717) is 30.9 Å². The van der Waals surface area contributed by atoms with Gasteiger partial charge in [-0.25, -0.2) is 14.6 Å². The first-order valence-corrected chi connectivity index (χ1v) is 41.8. The lowest BCUT2D eigenvalue weighted by Gasteiger charge is -2.43. The van der Waals surface area contributed by atoms with Crippen LogP contribution >= 0.6 is 11.3 Å². The van der Waals surface area contributed by atoms with Crippen molar-refractivity contribution in [3.63, 3.8) is 0 Å². The molecule has 3 aliphatic rings. The average molecular weight is 1790 g/mol. The number of hydrogen-bond donors (Lipinski definition) is 7. The molecule has 3 saturated heterocycles. The van der Waals surface area contributed by atoms with E-state index < -0.39 is 40.9 Å². The summed E-state index contributed by atoms with van der Waals surface area (Å²) in [6.07, 6.45) is 6.12. The molecule has 0 spiro atoms. The zero-order chi connectivity index (χ0) is 97.3. The number of likely N-dealkylation sites (N-methyl/N-ethyl adjacent to an activating group) is 2. The maximum absolute atomic E-state index is 11.0. The minimum atomic E-state index is -0.930. The molecule has 0 saturated carbocycles. The second-order valence-corrected chi connectivity index (χ2v) is 32.2. The first-order valence-electron chi connectivity index (χ1n) is 40.9. The number of alkyl carbamates (subject to hydrolysis) is 2. The number of carbonyl (C=O) groups excluding carboxylic acids is 12. The predicted octanol–water partition coefficient (Wildman–Crippen LogP) is 13.1. The minimum absolute atomic E-state index is 0. The Hall–Kier alpha value is -10.6. The number of nitrogens with one attached hydrogen (secondary N) is 2. The summed E-state index contributed by atoms with van der Waals surface area (Å²) < 4.78 is 19.5. The highest BCUT2D eigenvalue weighted by Crippen LogP contribution is 2.34. The van der Waals surface area contributed by atoms with Crippen LogP contribution in [0.15, 0.2) is 121 Å². The molecule has 2 unspecified atom stereocenters. The van der Waals surface area contributed by atoms with E-state index in [9.17, 15) is 67.1 Å². The van der Waals surface area contributed by atoms with Crippen molar-refractivity contribution >= 4 is 101 Å². The van der Waals surface area contributed by atoms with Gasteiger partial charge in [0.05, 0.1) is 43.0 Å². The molecular formula is C93H152N10O22S. The van der Waals surface area contributed by atoms with Gasteiger partial charge in [0.1, 0.15) is 67.0 Å². The Balaban J connectivity index is -0.000000245. The number of carbonyl (C=O) groups is 15. The van der Waals surface area contributed by atoms with Crippen LogP contribution in [0.2, 0.25) is 0 Å². The van der Waals surface area contributed by atoms with E-state index in [4.69, 9.17) is 50.5 Å². The molecule has 126 heavy (non-hydrogen) atoms. The molecule has 9 N–H and O–H groups in total. The van der Waals surface area contributed by atoms with Gasteiger partial charge in [-0.2, -0.15) is 0 Å². The summed E-state index contributed by atoms with van der Waals surface area (Å²) in [4.78, 5) is 171. The molecule has 3 aromatic carbocycles. The number of likely N-dealkylation sites (tertiary alicyclic amines) is 1. The Morgan fingerprint density at radius 2 is 1.12 bits per heavy atom. The number of piperidine rings is 1. The molecule has 2 atom stereocenters. The zero-order valence-corrected chi connectivity index (χ0v) is 79.3. The van der Waals surface area contributed by atoms with E-state index in [2.05, 4.69) is 84.1 Å². The van der Waals surface area contributed by atoms with Crippen molar-refractivity contribution in [1.29, 1.82) is 0 Å². The molecule has 0 aliphatic carbocycles. The molecule has 32 nitrogen and oxygen atoms in total. The number of nitrogens with zero attached hydrogens (tertiary/aromatic N) is 6. The smallest absolute Gasteiger partial charge is 0.407 e. The minimum Gasteiger partial charge on any atom is -0.481 e. The summed E-state index contributed by atoms with van der Waals surface area (Å²) in [6, 6.07) is 32.4. The Morgan fingerprint density at radius 3 is 1.38 bits per heavy atom. The number of thiazole rings is 1. The lowest BCUT2D eigenvalue weighted by Crippen LogP contribution is -2.46. The van der Waals surface area contributed by atoms with Crippen molar-refractivity contribution in [3.8, 4) is 0 Å². The number of ketones is 7. The first kappa shape index (κ1) is 129. The van der Waals surface area contributed by atoms with Crippen LogP contribution in [0.4, 0.5) is 9.59 Å². The van der Waals surface area contributed by atoms with Crippen LogP contribution < -0.4 is 22.1 Å². The third kappa shape index (κ3) is 81.8. The summed E-state index contributed by atoms with van der Waals surface area (Å²) in [5.41, 5.74) is 13.4. The fourth-order valence-corrected chi connectivity index (χ4v) is 9.72. The number of aryl methyl sites for hydroxylation is 2. The summed E-state index contributed by atoms with van der Waals surface area (Å²) in [7, 11) is 7.92. The summed E-state index contributed by atoms with van der Waals surface area (Å²) in [5.74, 6) is -1.76. The quantitative estimate of drug-likeness (QED) is 0.0171. The molecule has 33 heteroatoms. The summed E-state index contributed by atoms with van der Waals surface area (Å²) >= 11 is 1.50. The highest BCUT2D eigenvalue weighted by Gasteiger charge is 2.33. The number of esters is 1. The van der Waals surface area contributed by atoms with Crippen LogP contribution in [0.1, 0.15) is 208 Å². The van der Waals surface area contributed by atoms with Crippen molar-refractivity contribution in [2.75, 3.05) is 113 Å². The molecule has 3 amide bonds. The number of ether oxygens (including phenoxy) is 4. The number of aromatic nitrogens is 2. The van der Waals surface area contributed by atoms with Crippen LogP contribution in [0.5, 0.6) is 0 Å². The van der Waals surface area contributed by atoms with E-state index in [1.165, 1.54) is 119 Å². The van der Waals surface area contributed by atoms with Crippen LogP contribution in [-0.4, -0.2) is 248 Å². The molecule has 5 heterocycles. The number of amides is 3. The Labute approximate surface area is 753 Å². The highest BCUT2D eigenvalue weighted by molar-refractivity contribution is 7.09. The lowest BCUT2D eigenvalue weighted by atomic mass is 9.75. The number of benzene rings is 3. The molecule has 3 aliphatic heterocycles. The number of aliphatic carboxylic acids is 3. The van der Waals surface area contributed by atoms with E-state index >= 15 is 0 Å². The Bertz CT molecular complexity index is 3750. The van der Waals surface area contributed by atoms with Crippen LogP contribution in [0.3, 0.4) is 0 Å². The largest absolute Gasteiger partial charge is 0.481 e. The van der Waals surface area contributed by atoms with Crippen molar-refractivity contribution in [1.82, 2.24) is 40.2 Å². The van der Waals surface area contributed by atoms with Gasteiger partial charge in [-0.1, -0.05) is 146 Å². The lowest BCUT2D eigenvalue weighted by molar-refractivity contribution is -0.149. The normalized spacial score (nSPS) is 13.5. The maximum Gasteiger partial charge on any atom is 0.407 e. The zero-order valence-electron chi connectivity index (χ0n) is 78.5. The SMILES string of the molecule is C.C=O.CC(=O)C(C)(C)CC(=O)O.CC(=O)C1CCOC1.CC(=O)CC(C)(C)C(=O)O.CC(=O)CCC(=O)O.CC(=O)CN.CC(=O)CNC(=O)OCc1ccccc1.CC(=O)N1CCN(C)CC1.CC(=O)OCc1ccccc1.CC(=O)c1csc(C)n1.CC1CCN(CCN(C)C)CC1(C)C.CCCN.CNC(=O)OCc1ccccc1.Cc1cccnc1. The second kappa shape index (κ2) is 78.0. The topological polar surface area (TPSA) is 468 Å². The van der Waals surface area contributed by atoms with Gasteiger partial charge in [0.2, 0.25) is 5.91 Å². The molecule has 5 aromatic rings. The van der Waals surface area contributed by atoms with Crippen molar-refractivity contribution in [2.24, 2.45) is 39.5 Å². The number of Topliss-reactive ketones (excluding diaryl/α,β-unsaturated/α-hetero) is 7. The standard InChI is InChI=1S/C12H26N2.C11H13NO3.C9H11NO2.C9H10O2.C7H14N2O.2C7H12O3.C6H7NOS.C6H7N.C6H10O2.C5H8O3.C3H7NO.C3H9N.CH2O.CH4/c1-11-6-7-14(9-8-13(4)5)10-12(11,2)3;1-9(13)7-12-11(14)15-8-10-5-3-2-4-6-10;1-10-9(11)12-7-8-5-3-2-4-6-8;1-8(10)11-7-9-5-3-2-4-6-9;1-7(10)9-5-3-8(2)4-6-9;1-5(8)7(2,3)4-6(9)10;1-5(8)4-7(2,3)6(9)10;1-4(8)6-3-9-5(2)7-6;1-6-3-2-4-7-5-6;1-5(7)6-2-3-8-4-6;1-4(6)2-3-5(7)8;1-3(5)2-4;1-2-3-4;1-2;/h11H,6-10H2,1-5H3;2-6H,7-8H2,1H3,(H,12,14);2-6H,7H2,1H3,(H,10,11);2-6H,7H2,1H3;3-6H2,1-2H3;2*4H2,1-3H3,(H,9,10);3H,1-2H3;2-5H,1H3;6H,2-4H2,1H3;2-3H2,1H3,(H,7,8);2,4H2,1H3;2-4H2,1H3;1H2;1H4. The molecular weight excluding hydrogens is 1640 g/mol. The fourth-order valence-electron chi connectivity index (χ4n) is 9.07. The van der Waals surface area contributed by atoms with Gasteiger partial charge in [-0.15, -0.1) is 11.3 Å². The van der Waals surface area contributed by atoms with Gasteiger partial charge in [0.15, 0.2) is 5.78 Å². The van der Waals surface area contributed by atoms with Crippen molar-refractivity contribution < 1.29 is 106 Å². The number of piperazine rings is 1. The van der Waals surface area contributed by atoms with Gasteiger partial charge in [-0.3, -0.25) is 57.7 Å². The molecule has 0 radical (unpaired) electrons. The van der Waals surface area contributed by atoms with Gasteiger partial charge < -0.3 is 85.6 Å². The third-order valence-corrected chi connectivity index (χ3v) is 18.2. The number of pyridine rings is 1. The van der Waals surface area contributed by atoms with Crippen LogP contribution in [0, 0.1) is 41.9 Å². The Kier molecular flexibility index (Phi) is 79.6. The number of carboxylic acid groups (broad SMARTS) is 3. The summed E-state index contributed by atoms with van der Waals surface area (Å²) in [6.45, 7) is 46.8. The van der Waals surface area contributed by atoms with Crippen LogP contribution in [-0.2, 0) is 96.3 Å². The predicted molar refractivity (Wildman–Crippen MR) is 495 cm³/mol. The highest BCUT2D eigenvalue weighted by atomic mass is 32.1. The number of hydrogen-bond acceptors (Lipinski definition) is 27. The number of carboxylic acids is 3. The molecule has 712 valence electrons. The van der Waals surface area contributed by atoms with E-state index in [1.807, 2.05) is 135 Å². The van der Waals surface area contributed by atoms with Crippen LogP contribution in [0.25, 0.3) is 0 Å². The average Bonchev–Trinajstić information content (AvgIpc) is 0.975. The molecule has 3 fully saturated rings. The van der Waals surface area contributed by atoms with E-state index in [0.717, 1.165) is 79.8 Å².